The van der Waals surface area contributed by atoms with E-state index in [-0.39, 0.29) is 0 Å². The zero-order chi connectivity index (χ0) is 9.64. The number of ether oxygens (including phenoxy) is 1. The molecule has 0 amide bonds. The fourth-order valence-corrected chi connectivity index (χ4v) is 2.18. The lowest BCUT2D eigenvalue weighted by molar-refractivity contribution is 0.0371. The van der Waals surface area contributed by atoms with Crippen LogP contribution in [0.2, 0.25) is 0 Å². The summed E-state index contributed by atoms with van der Waals surface area (Å²) >= 11 is 0. The molecule has 0 bridgehead atoms. The number of hydrogen-bond acceptors (Lipinski definition) is 2. The second kappa shape index (κ2) is 5.72. The van der Waals surface area contributed by atoms with Crippen molar-refractivity contribution in [3.63, 3.8) is 0 Å². The Morgan fingerprint density at radius 3 is 2.50 bits per heavy atom. The van der Waals surface area contributed by atoms with Crippen molar-refractivity contribution >= 4 is 0 Å². The van der Waals surface area contributed by atoms with Crippen LogP contribution in [0.1, 0.15) is 38.5 Å². The van der Waals surface area contributed by atoms with E-state index >= 15 is 0 Å². The van der Waals surface area contributed by atoms with E-state index < -0.39 is 0 Å². The highest BCUT2D eigenvalue weighted by Crippen LogP contribution is 2.33. The summed E-state index contributed by atoms with van der Waals surface area (Å²) in [6, 6.07) is 0. The van der Waals surface area contributed by atoms with Gasteiger partial charge >= 0.3 is 0 Å². The lowest BCUT2D eigenvalue weighted by atomic mass is 10.1. The summed E-state index contributed by atoms with van der Waals surface area (Å²) in [4.78, 5) is 2.54. The first-order valence-corrected chi connectivity index (χ1v) is 6.25. The molecule has 1 aliphatic carbocycles. The maximum Gasteiger partial charge on any atom is 0.0594 e. The molecule has 1 heterocycles. The minimum atomic E-state index is 0.947. The smallest absolute Gasteiger partial charge is 0.0594 e. The summed E-state index contributed by atoms with van der Waals surface area (Å²) in [7, 11) is 0. The van der Waals surface area contributed by atoms with E-state index in [1.165, 1.54) is 45.1 Å². The van der Waals surface area contributed by atoms with Gasteiger partial charge in [-0.3, -0.25) is 4.90 Å². The van der Waals surface area contributed by atoms with Gasteiger partial charge in [0.25, 0.3) is 0 Å². The molecule has 2 fully saturated rings. The van der Waals surface area contributed by atoms with Crippen molar-refractivity contribution in [2.24, 2.45) is 5.92 Å². The highest BCUT2D eigenvalue weighted by Gasteiger charge is 2.19. The van der Waals surface area contributed by atoms with Crippen LogP contribution in [0, 0.1) is 5.92 Å². The van der Waals surface area contributed by atoms with Crippen LogP contribution in [0.25, 0.3) is 0 Å². The molecular formula is C12H23NO. The van der Waals surface area contributed by atoms with Gasteiger partial charge in [0.15, 0.2) is 0 Å². The van der Waals surface area contributed by atoms with Crippen LogP contribution < -0.4 is 0 Å². The predicted molar refractivity (Wildman–Crippen MR) is 58.5 cm³/mol. The largest absolute Gasteiger partial charge is 0.379 e. The quantitative estimate of drug-likeness (QED) is 0.606. The van der Waals surface area contributed by atoms with Gasteiger partial charge in [-0.15, -0.1) is 0 Å². The van der Waals surface area contributed by atoms with Gasteiger partial charge in [-0.05, 0) is 18.9 Å². The van der Waals surface area contributed by atoms with Gasteiger partial charge in [0.2, 0.25) is 0 Å². The molecule has 2 nitrogen and oxygen atoms in total. The zero-order valence-electron chi connectivity index (χ0n) is 9.21. The topological polar surface area (TPSA) is 12.5 Å². The predicted octanol–water partition coefficient (Wildman–Crippen LogP) is 2.29. The SMILES string of the molecule is C(CCC1CC1)CCN1CCOCC1. The Morgan fingerprint density at radius 2 is 1.79 bits per heavy atom. The minimum Gasteiger partial charge on any atom is -0.379 e. The monoisotopic (exact) mass is 197 g/mol. The first kappa shape index (κ1) is 10.4. The molecule has 0 aromatic heterocycles. The molecule has 0 atom stereocenters. The van der Waals surface area contributed by atoms with Crippen molar-refractivity contribution in [3.8, 4) is 0 Å². The zero-order valence-corrected chi connectivity index (χ0v) is 9.21. The fraction of sp³-hybridized carbons (Fsp3) is 1.00. The first-order valence-electron chi connectivity index (χ1n) is 6.25. The average Bonchev–Trinajstić information content (AvgIpc) is 3.03. The van der Waals surface area contributed by atoms with Crippen LogP contribution in [0.3, 0.4) is 0 Å². The van der Waals surface area contributed by atoms with E-state index in [0.717, 1.165) is 32.2 Å². The lowest BCUT2D eigenvalue weighted by Gasteiger charge is -2.26. The molecule has 0 aromatic rings. The maximum absolute atomic E-state index is 5.33. The minimum absolute atomic E-state index is 0.947. The Hall–Kier alpha value is -0.0800. The fourth-order valence-electron chi connectivity index (χ4n) is 2.18. The molecule has 0 aromatic carbocycles. The number of rotatable bonds is 6. The molecule has 0 unspecified atom stereocenters. The second-order valence-corrected chi connectivity index (χ2v) is 4.75. The van der Waals surface area contributed by atoms with E-state index in [4.69, 9.17) is 4.74 Å². The van der Waals surface area contributed by atoms with E-state index in [0.29, 0.717) is 0 Å². The molecular weight excluding hydrogens is 174 g/mol. The van der Waals surface area contributed by atoms with Crippen LogP contribution in [-0.4, -0.2) is 37.7 Å². The van der Waals surface area contributed by atoms with Crippen molar-refractivity contribution in [3.05, 3.63) is 0 Å². The van der Waals surface area contributed by atoms with Gasteiger partial charge in [-0.2, -0.15) is 0 Å². The maximum atomic E-state index is 5.33. The normalized spacial score (nSPS) is 24.0. The Kier molecular flexibility index (Phi) is 4.26. The molecule has 2 heteroatoms. The van der Waals surface area contributed by atoms with Gasteiger partial charge in [0.05, 0.1) is 13.2 Å². The summed E-state index contributed by atoms with van der Waals surface area (Å²) in [6.07, 6.45) is 8.84. The van der Waals surface area contributed by atoms with Gasteiger partial charge in [-0.1, -0.05) is 32.1 Å². The Bertz CT molecular complexity index is 150. The molecule has 14 heavy (non-hydrogen) atoms. The van der Waals surface area contributed by atoms with Crippen LogP contribution in [0.4, 0.5) is 0 Å². The molecule has 1 saturated carbocycles. The van der Waals surface area contributed by atoms with E-state index in [2.05, 4.69) is 4.90 Å². The van der Waals surface area contributed by atoms with Crippen molar-refractivity contribution in [1.29, 1.82) is 0 Å². The molecule has 1 aliphatic heterocycles. The van der Waals surface area contributed by atoms with Crippen molar-refractivity contribution in [2.75, 3.05) is 32.8 Å². The summed E-state index contributed by atoms with van der Waals surface area (Å²) in [6.45, 7) is 5.50. The first-order chi connectivity index (χ1) is 6.95. The highest BCUT2D eigenvalue weighted by atomic mass is 16.5. The van der Waals surface area contributed by atoms with E-state index in [1.807, 2.05) is 0 Å². The Labute approximate surface area is 87.6 Å². The Morgan fingerprint density at radius 1 is 1.00 bits per heavy atom. The molecule has 2 rings (SSSR count). The molecule has 0 N–H and O–H groups in total. The molecule has 1 saturated heterocycles. The standard InChI is InChI=1S/C12H23NO/c1(2-4-12-5-6-12)3-7-13-8-10-14-11-9-13/h12H,1-11H2. The Balaban J connectivity index is 1.41. The summed E-state index contributed by atoms with van der Waals surface area (Å²) in [5.74, 6) is 1.12. The summed E-state index contributed by atoms with van der Waals surface area (Å²) in [5, 5.41) is 0. The van der Waals surface area contributed by atoms with Crippen molar-refractivity contribution in [2.45, 2.75) is 38.5 Å². The van der Waals surface area contributed by atoms with Crippen LogP contribution in [0.5, 0.6) is 0 Å². The average molecular weight is 197 g/mol. The van der Waals surface area contributed by atoms with Crippen LogP contribution in [-0.2, 0) is 4.74 Å². The third-order valence-corrected chi connectivity index (χ3v) is 3.39. The molecule has 82 valence electrons. The number of unbranched alkanes of at least 4 members (excludes halogenated alkanes) is 2. The molecule has 0 spiro atoms. The van der Waals surface area contributed by atoms with Crippen molar-refractivity contribution in [1.82, 2.24) is 4.90 Å². The van der Waals surface area contributed by atoms with Gasteiger partial charge in [-0.25, -0.2) is 0 Å². The second-order valence-electron chi connectivity index (χ2n) is 4.75. The summed E-state index contributed by atoms with van der Waals surface area (Å²) < 4.78 is 5.33. The number of morpholine rings is 1. The van der Waals surface area contributed by atoms with Crippen LogP contribution in [0.15, 0.2) is 0 Å². The number of nitrogens with zero attached hydrogens (tertiary/aromatic N) is 1. The molecule has 2 aliphatic rings. The molecule has 0 radical (unpaired) electrons. The lowest BCUT2D eigenvalue weighted by Crippen LogP contribution is -2.36. The van der Waals surface area contributed by atoms with Gasteiger partial charge in [0.1, 0.15) is 0 Å². The van der Waals surface area contributed by atoms with Gasteiger partial charge < -0.3 is 4.74 Å². The highest BCUT2D eigenvalue weighted by molar-refractivity contribution is 4.72. The number of hydrogen-bond donors (Lipinski definition) is 0. The third-order valence-electron chi connectivity index (χ3n) is 3.39. The van der Waals surface area contributed by atoms with E-state index in [1.54, 1.807) is 0 Å². The summed E-state index contributed by atoms with van der Waals surface area (Å²) in [5.41, 5.74) is 0. The van der Waals surface area contributed by atoms with E-state index in [9.17, 15) is 0 Å². The van der Waals surface area contributed by atoms with Gasteiger partial charge in [0, 0.05) is 13.1 Å². The third kappa shape index (κ3) is 3.97. The van der Waals surface area contributed by atoms with Crippen LogP contribution >= 0.6 is 0 Å². The van der Waals surface area contributed by atoms with Crippen molar-refractivity contribution < 1.29 is 4.74 Å².